The number of nitrogens with one attached hydrogen (secondary N) is 4. The predicted molar refractivity (Wildman–Crippen MR) is 116 cm³/mol. The van der Waals surface area contributed by atoms with E-state index in [9.17, 15) is 33.9 Å². The van der Waals surface area contributed by atoms with Crippen LogP contribution < -0.4 is 27.4 Å². The van der Waals surface area contributed by atoms with Gasteiger partial charge in [-0.05, 0) is 13.3 Å². The molecule has 0 aromatic carbocycles. The van der Waals surface area contributed by atoms with Crippen molar-refractivity contribution in [2.24, 2.45) is 11.5 Å². The third-order valence-electron chi connectivity index (χ3n) is 4.69. The molecule has 4 amide bonds. The lowest BCUT2D eigenvalue weighted by Crippen LogP contribution is -2.60. The second-order valence-corrected chi connectivity index (χ2v) is 7.68. The first-order valence-electron chi connectivity index (χ1n) is 10.4. The highest BCUT2D eigenvalue weighted by Gasteiger charge is 2.33. The quantitative estimate of drug-likeness (QED) is 0.112. The van der Waals surface area contributed by atoms with Crippen molar-refractivity contribution in [3.05, 3.63) is 18.2 Å². The molecular formula is C19H29N7O9. The summed E-state index contributed by atoms with van der Waals surface area (Å²) in [5, 5.41) is 34.5. The summed E-state index contributed by atoms with van der Waals surface area (Å²) >= 11 is 0. The molecule has 0 saturated heterocycles. The number of primary amides is 1. The van der Waals surface area contributed by atoms with E-state index in [-0.39, 0.29) is 6.42 Å². The summed E-state index contributed by atoms with van der Waals surface area (Å²) in [7, 11) is 0. The van der Waals surface area contributed by atoms with Crippen LogP contribution in [0, 0.1) is 0 Å². The summed E-state index contributed by atoms with van der Waals surface area (Å²) in [6, 6.07) is -6.01. The van der Waals surface area contributed by atoms with Gasteiger partial charge in [-0.2, -0.15) is 0 Å². The zero-order chi connectivity index (χ0) is 26.7. The van der Waals surface area contributed by atoms with Crippen LogP contribution in [0.2, 0.25) is 0 Å². The van der Waals surface area contributed by atoms with Gasteiger partial charge in [-0.3, -0.25) is 24.0 Å². The minimum atomic E-state index is -1.73. The molecule has 1 aromatic heterocycles. The molecule has 16 heteroatoms. The molecular weight excluding hydrogens is 470 g/mol. The first-order valence-corrected chi connectivity index (χ1v) is 10.4. The Morgan fingerprint density at radius 1 is 1.03 bits per heavy atom. The molecule has 16 nitrogen and oxygen atoms in total. The third-order valence-corrected chi connectivity index (χ3v) is 4.69. The van der Waals surface area contributed by atoms with Crippen molar-refractivity contribution < 1.29 is 44.1 Å². The summed E-state index contributed by atoms with van der Waals surface area (Å²) in [6.07, 6.45) is -0.389. The van der Waals surface area contributed by atoms with E-state index in [0.29, 0.717) is 5.69 Å². The molecule has 11 N–H and O–H groups in total. The molecule has 35 heavy (non-hydrogen) atoms. The topological polar surface area (TPSA) is 280 Å². The fraction of sp³-hybridized carbons (Fsp3) is 0.526. The summed E-state index contributed by atoms with van der Waals surface area (Å²) in [6.45, 7) is 1.19. The highest BCUT2D eigenvalue weighted by atomic mass is 16.4. The summed E-state index contributed by atoms with van der Waals surface area (Å²) in [4.78, 5) is 77.6. The number of nitrogens with two attached hydrogens (primary N) is 2. The molecule has 194 valence electrons. The van der Waals surface area contributed by atoms with Crippen molar-refractivity contribution in [3.8, 4) is 0 Å². The standard InChI is InChI=1S/C19H29N7O9/c1-8(27)15(26-16(31)10(20)4-9-6-22-7-23-9)18(33)24-11(2-3-14(29)30)17(32)25-12(19(34)35)5-13(21)28/h6-8,10-12,15,27H,2-5,20H2,1H3,(H2,21,28)(H,22,23)(H,24,33)(H,25,32)(H,26,31)(H,29,30)(H,34,35). The van der Waals surface area contributed by atoms with Gasteiger partial charge in [0.25, 0.3) is 0 Å². The third kappa shape index (κ3) is 10.2. The van der Waals surface area contributed by atoms with Crippen LogP contribution in [0.3, 0.4) is 0 Å². The van der Waals surface area contributed by atoms with Gasteiger partial charge in [0.15, 0.2) is 0 Å². The number of aliphatic hydroxyl groups is 1. The Bertz CT molecular complexity index is 920. The van der Waals surface area contributed by atoms with Crippen molar-refractivity contribution in [1.82, 2.24) is 25.9 Å². The van der Waals surface area contributed by atoms with Crippen LogP contribution in [-0.4, -0.2) is 91.1 Å². The average Bonchev–Trinajstić information content (AvgIpc) is 3.26. The fourth-order valence-corrected chi connectivity index (χ4v) is 2.86. The Morgan fingerprint density at radius 3 is 2.14 bits per heavy atom. The lowest BCUT2D eigenvalue weighted by atomic mass is 10.1. The number of hydrogen-bond acceptors (Lipinski definition) is 9. The molecule has 1 aromatic rings. The number of carbonyl (C=O) groups is 6. The number of imidazole rings is 1. The van der Waals surface area contributed by atoms with Gasteiger partial charge in [-0.1, -0.05) is 0 Å². The Morgan fingerprint density at radius 2 is 1.66 bits per heavy atom. The number of carboxylic acid groups (broad SMARTS) is 2. The Kier molecular flexibility index (Phi) is 11.3. The summed E-state index contributed by atoms with van der Waals surface area (Å²) in [5.74, 6) is -6.89. The van der Waals surface area contributed by atoms with Gasteiger partial charge < -0.3 is 47.7 Å². The van der Waals surface area contributed by atoms with Crippen molar-refractivity contribution in [2.75, 3.05) is 0 Å². The van der Waals surface area contributed by atoms with E-state index >= 15 is 0 Å². The number of rotatable bonds is 15. The molecule has 1 rings (SSSR count). The van der Waals surface area contributed by atoms with Crippen molar-refractivity contribution in [1.29, 1.82) is 0 Å². The first-order chi connectivity index (χ1) is 16.3. The molecule has 0 saturated carbocycles. The van der Waals surface area contributed by atoms with E-state index in [1.165, 1.54) is 19.4 Å². The minimum Gasteiger partial charge on any atom is -0.481 e. The number of aliphatic hydroxyl groups excluding tert-OH is 1. The van der Waals surface area contributed by atoms with Crippen LogP contribution >= 0.6 is 0 Å². The van der Waals surface area contributed by atoms with E-state index < -0.39 is 85.1 Å². The Balaban J connectivity index is 2.94. The second-order valence-electron chi connectivity index (χ2n) is 7.68. The van der Waals surface area contributed by atoms with Gasteiger partial charge in [-0.25, -0.2) is 9.78 Å². The number of aromatic nitrogens is 2. The van der Waals surface area contributed by atoms with Crippen molar-refractivity contribution >= 4 is 35.6 Å². The van der Waals surface area contributed by atoms with Gasteiger partial charge in [0, 0.05) is 24.7 Å². The van der Waals surface area contributed by atoms with E-state index in [2.05, 4.69) is 20.6 Å². The minimum absolute atomic E-state index is 0.0417. The van der Waals surface area contributed by atoms with E-state index in [1.807, 2.05) is 5.32 Å². The highest BCUT2D eigenvalue weighted by molar-refractivity contribution is 5.95. The highest BCUT2D eigenvalue weighted by Crippen LogP contribution is 2.04. The van der Waals surface area contributed by atoms with Crippen molar-refractivity contribution in [2.45, 2.75) is 62.9 Å². The number of H-pyrrole nitrogens is 1. The normalized spacial score (nSPS) is 15.1. The molecule has 1 heterocycles. The maximum atomic E-state index is 12.8. The monoisotopic (exact) mass is 499 g/mol. The SMILES string of the molecule is CC(O)C(NC(=O)C(N)Cc1cnc[nH]1)C(=O)NC(CCC(=O)O)C(=O)NC(CC(N)=O)C(=O)O. The number of carboxylic acids is 2. The fourth-order valence-electron chi connectivity index (χ4n) is 2.86. The number of nitrogens with zero attached hydrogens (tertiary/aromatic N) is 1. The molecule has 0 aliphatic rings. The van der Waals surface area contributed by atoms with E-state index in [4.69, 9.17) is 21.7 Å². The van der Waals surface area contributed by atoms with Gasteiger partial charge in [-0.15, -0.1) is 0 Å². The smallest absolute Gasteiger partial charge is 0.326 e. The molecule has 0 fully saturated rings. The Hall–Kier alpha value is -4.05. The molecule has 5 unspecified atom stereocenters. The number of amides is 4. The zero-order valence-electron chi connectivity index (χ0n) is 18.8. The van der Waals surface area contributed by atoms with Crippen LogP contribution in [0.25, 0.3) is 0 Å². The summed E-state index contributed by atoms with van der Waals surface area (Å²) in [5.41, 5.74) is 11.3. The Labute approximate surface area is 198 Å². The van der Waals surface area contributed by atoms with Crippen LogP contribution in [0.4, 0.5) is 0 Å². The summed E-state index contributed by atoms with van der Waals surface area (Å²) < 4.78 is 0. The molecule has 0 aliphatic heterocycles. The maximum Gasteiger partial charge on any atom is 0.326 e. The molecule has 0 aliphatic carbocycles. The van der Waals surface area contributed by atoms with Crippen molar-refractivity contribution in [3.63, 3.8) is 0 Å². The van der Waals surface area contributed by atoms with E-state index in [1.54, 1.807) is 0 Å². The average molecular weight is 499 g/mol. The van der Waals surface area contributed by atoms with Gasteiger partial charge in [0.2, 0.25) is 23.6 Å². The molecule has 0 spiro atoms. The molecule has 0 bridgehead atoms. The number of aliphatic carboxylic acids is 2. The van der Waals surface area contributed by atoms with Crippen LogP contribution in [0.1, 0.15) is 31.9 Å². The zero-order valence-corrected chi connectivity index (χ0v) is 18.8. The number of carbonyl (C=O) groups excluding carboxylic acids is 4. The lowest BCUT2D eigenvalue weighted by molar-refractivity contribution is -0.144. The molecule has 5 atom stereocenters. The second kappa shape index (κ2) is 13.6. The van der Waals surface area contributed by atoms with Crippen LogP contribution in [0.15, 0.2) is 12.5 Å². The number of aromatic amines is 1. The maximum absolute atomic E-state index is 12.8. The largest absolute Gasteiger partial charge is 0.481 e. The first kappa shape index (κ1) is 29.0. The number of hydrogen-bond donors (Lipinski definition) is 9. The van der Waals surface area contributed by atoms with Gasteiger partial charge in [0.05, 0.1) is 24.9 Å². The van der Waals surface area contributed by atoms with Crippen LogP contribution in [-0.2, 0) is 35.2 Å². The van der Waals surface area contributed by atoms with Crippen LogP contribution in [0.5, 0.6) is 0 Å². The lowest BCUT2D eigenvalue weighted by Gasteiger charge is -2.26. The predicted octanol–water partition coefficient (Wildman–Crippen LogP) is -4.06. The van der Waals surface area contributed by atoms with Gasteiger partial charge >= 0.3 is 11.9 Å². The molecule has 0 radical (unpaired) electrons. The van der Waals surface area contributed by atoms with Gasteiger partial charge in [0.1, 0.15) is 18.1 Å². The van der Waals surface area contributed by atoms with E-state index in [0.717, 1.165) is 0 Å².